The zero-order valence-electron chi connectivity index (χ0n) is 10.3. The fourth-order valence-electron chi connectivity index (χ4n) is 2.29. The molecule has 1 fully saturated rings. The van der Waals surface area contributed by atoms with Crippen LogP contribution in [0, 0.1) is 0 Å². The van der Waals surface area contributed by atoms with Crippen molar-refractivity contribution in [3.8, 4) is 0 Å². The molecule has 1 amide bonds. The average molecular weight is 257 g/mol. The monoisotopic (exact) mass is 257 g/mol. The van der Waals surface area contributed by atoms with Crippen molar-refractivity contribution in [1.29, 1.82) is 0 Å². The summed E-state index contributed by atoms with van der Waals surface area (Å²) < 4.78 is 0. The summed E-state index contributed by atoms with van der Waals surface area (Å²) in [7, 11) is 0. The minimum Gasteiger partial charge on any atom is -0.392 e. The third-order valence-electron chi connectivity index (χ3n) is 3.28. The molecule has 2 aromatic rings. The Labute approximate surface area is 110 Å². The molecule has 0 saturated carbocycles. The van der Waals surface area contributed by atoms with Crippen LogP contribution in [0.3, 0.4) is 0 Å². The Hall–Kier alpha value is -1.98. The predicted octanol–water partition coefficient (Wildman–Crippen LogP) is 0.896. The summed E-state index contributed by atoms with van der Waals surface area (Å²) in [5.74, 6) is -0.131. The van der Waals surface area contributed by atoms with Crippen molar-refractivity contribution in [2.45, 2.75) is 18.6 Å². The number of hydrogen-bond acceptors (Lipinski definition) is 4. The topological polar surface area (TPSA) is 74.2 Å². The Morgan fingerprint density at radius 3 is 3.05 bits per heavy atom. The first-order valence-corrected chi connectivity index (χ1v) is 6.29. The van der Waals surface area contributed by atoms with E-state index in [0.29, 0.717) is 18.7 Å². The van der Waals surface area contributed by atoms with Crippen molar-refractivity contribution < 1.29 is 9.90 Å². The molecular weight excluding hydrogens is 242 g/mol. The van der Waals surface area contributed by atoms with Crippen molar-refractivity contribution in [2.75, 3.05) is 11.9 Å². The molecule has 2 heterocycles. The van der Waals surface area contributed by atoms with Crippen LogP contribution in [0.25, 0.3) is 10.9 Å². The first-order chi connectivity index (χ1) is 9.22. The van der Waals surface area contributed by atoms with Gasteiger partial charge in [0.1, 0.15) is 0 Å². The van der Waals surface area contributed by atoms with Crippen LogP contribution < -0.4 is 10.6 Å². The number of rotatable bonds is 2. The number of carbonyl (C=O) groups excluding carboxylic acids is 1. The Morgan fingerprint density at radius 2 is 2.26 bits per heavy atom. The molecule has 98 valence electrons. The van der Waals surface area contributed by atoms with Gasteiger partial charge in [0.05, 0.1) is 29.5 Å². The van der Waals surface area contributed by atoms with Gasteiger partial charge < -0.3 is 15.7 Å². The van der Waals surface area contributed by atoms with Gasteiger partial charge in [-0.25, -0.2) is 0 Å². The molecule has 19 heavy (non-hydrogen) atoms. The van der Waals surface area contributed by atoms with Gasteiger partial charge in [0, 0.05) is 11.9 Å². The number of benzene rings is 1. The van der Waals surface area contributed by atoms with E-state index in [9.17, 15) is 9.90 Å². The van der Waals surface area contributed by atoms with Crippen LogP contribution >= 0.6 is 0 Å². The second kappa shape index (κ2) is 4.95. The maximum absolute atomic E-state index is 12.0. The van der Waals surface area contributed by atoms with Gasteiger partial charge in [-0.05, 0) is 18.6 Å². The molecule has 0 radical (unpaired) electrons. The number of amides is 1. The lowest BCUT2D eigenvalue weighted by atomic mass is 10.2. The first-order valence-electron chi connectivity index (χ1n) is 6.29. The number of hydrogen-bond donors (Lipinski definition) is 3. The molecular formula is C14H15N3O2. The van der Waals surface area contributed by atoms with Gasteiger partial charge in [-0.1, -0.05) is 18.2 Å². The third-order valence-corrected chi connectivity index (χ3v) is 3.28. The molecule has 1 aromatic heterocycles. The zero-order chi connectivity index (χ0) is 13.2. The molecule has 0 spiro atoms. The van der Waals surface area contributed by atoms with E-state index in [1.807, 2.05) is 30.3 Å². The van der Waals surface area contributed by atoms with Crippen LogP contribution in [0.1, 0.15) is 6.42 Å². The van der Waals surface area contributed by atoms with E-state index < -0.39 is 6.10 Å². The SMILES string of the molecule is O=C(Nc1cnc2ccccc2c1)[C@H]1C[C@H](O)CN1. The normalized spacial score (nSPS) is 22.6. The van der Waals surface area contributed by atoms with Gasteiger partial charge in [0.15, 0.2) is 0 Å². The quantitative estimate of drug-likeness (QED) is 0.747. The van der Waals surface area contributed by atoms with E-state index in [2.05, 4.69) is 15.6 Å². The molecule has 3 N–H and O–H groups in total. The van der Waals surface area contributed by atoms with E-state index in [0.717, 1.165) is 10.9 Å². The highest BCUT2D eigenvalue weighted by Gasteiger charge is 2.27. The van der Waals surface area contributed by atoms with Gasteiger partial charge in [0.2, 0.25) is 5.91 Å². The van der Waals surface area contributed by atoms with E-state index in [1.165, 1.54) is 0 Å². The number of para-hydroxylation sites is 1. The summed E-state index contributed by atoms with van der Waals surface area (Å²) in [4.78, 5) is 16.3. The molecule has 3 rings (SSSR count). The Bertz CT molecular complexity index is 614. The number of carbonyl (C=O) groups is 1. The summed E-state index contributed by atoms with van der Waals surface area (Å²) in [5.41, 5.74) is 1.57. The van der Waals surface area contributed by atoms with Crippen molar-refractivity contribution in [2.24, 2.45) is 0 Å². The molecule has 5 nitrogen and oxygen atoms in total. The molecule has 0 unspecified atom stereocenters. The summed E-state index contributed by atoms with van der Waals surface area (Å²) in [6, 6.07) is 9.31. The smallest absolute Gasteiger partial charge is 0.241 e. The van der Waals surface area contributed by atoms with Crippen LogP contribution in [0.2, 0.25) is 0 Å². The van der Waals surface area contributed by atoms with E-state index >= 15 is 0 Å². The fourth-order valence-corrected chi connectivity index (χ4v) is 2.29. The first kappa shape index (κ1) is 12.1. The third kappa shape index (κ3) is 2.57. The Morgan fingerprint density at radius 1 is 1.42 bits per heavy atom. The van der Waals surface area contributed by atoms with Gasteiger partial charge in [-0.2, -0.15) is 0 Å². The van der Waals surface area contributed by atoms with E-state index in [-0.39, 0.29) is 11.9 Å². The summed E-state index contributed by atoms with van der Waals surface area (Å²) in [6.07, 6.45) is 1.66. The van der Waals surface area contributed by atoms with Gasteiger partial charge in [-0.3, -0.25) is 9.78 Å². The number of pyridine rings is 1. The van der Waals surface area contributed by atoms with Crippen LogP contribution in [0.5, 0.6) is 0 Å². The Kier molecular flexibility index (Phi) is 3.15. The molecule has 1 aliphatic heterocycles. The lowest BCUT2D eigenvalue weighted by Gasteiger charge is -2.11. The van der Waals surface area contributed by atoms with Crippen LogP contribution in [-0.2, 0) is 4.79 Å². The number of aliphatic hydroxyl groups is 1. The van der Waals surface area contributed by atoms with Crippen LogP contribution in [0.4, 0.5) is 5.69 Å². The zero-order valence-corrected chi connectivity index (χ0v) is 10.3. The molecule has 1 aliphatic rings. The van der Waals surface area contributed by atoms with Crippen molar-refractivity contribution >= 4 is 22.5 Å². The minimum absolute atomic E-state index is 0.131. The predicted molar refractivity (Wildman–Crippen MR) is 72.8 cm³/mol. The molecule has 1 aromatic carbocycles. The highest BCUT2D eigenvalue weighted by Crippen LogP contribution is 2.17. The lowest BCUT2D eigenvalue weighted by Crippen LogP contribution is -2.35. The molecule has 2 atom stereocenters. The summed E-state index contributed by atoms with van der Waals surface area (Å²) in [5, 5.41) is 16.2. The van der Waals surface area contributed by atoms with Crippen LogP contribution in [-0.4, -0.2) is 34.7 Å². The second-order valence-electron chi connectivity index (χ2n) is 4.76. The van der Waals surface area contributed by atoms with Gasteiger partial charge in [0.25, 0.3) is 0 Å². The second-order valence-corrected chi connectivity index (χ2v) is 4.76. The van der Waals surface area contributed by atoms with Crippen LogP contribution in [0.15, 0.2) is 36.5 Å². The maximum atomic E-state index is 12.0. The van der Waals surface area contributed by atoms with Gasteiger partial charge in [-0.15, -0.1) is 0 Å². The maximum Gasteiger partial charge on any atom is 0.241 e. The number of fused-ring (bicyclic) bond motifs is 1. The Balaban J connectivity index is 1.76. The summed E-state index contributed by atoms with van der Waals surface area (Å²) >= 11 is 0. The van der Waals surface area contributed by atoms with E-state index in [1.54, 1.807) is 6.20 Å². The average Bonchev–Trinajstić information content (AvgIpc) is 2.85. The number of aromatic nitrogens is 1. The minimum atomic E-state index is -0.439. The number of anilines is 1. The molecule has 1 saturated heterocycles. The molecule has 0 aliphatic carbocycles. The molecule has 0 bridgehead atoms. The van der Waals surface area contributed by atoms with Crippen molar-refractivity contribution in [3.05, 3.63) is 36.5 Å². The molecule has 5 heteroatoms. The number of nitrogens with zero attached hydrogens (tertiary/aromatic N) is 1. The van der Waals surface area contributed by atoms with Crippen molar-refractivity contribution in [3.63, 3.8) is 0 Å². The number of nitrogens with one attached hydrogen (secondary N) is 2. The largest absolute Gasteiger partial charge is 0.392 e. The standard InChI is InChI=1S/C14H15N3O2/c18-11-6-13(16-8-11)14(19)17-10-5-9-3-1-2-4-12(9)15-7-10/h1-5,7,11,13,16,18H,6,8H2,(H,17,19)/t11-,13+/m0/s1. The highest BCUT2D eigenvalue weighted by molar-refractivity contribution is 5.96. The van der Waals surface area contributed by atoms with Crippen molar-refractivity contribution in [1.82, 2.24) is 10.3 Å². The fraction of sp³-hybridized carbons (Fsp3) is 0.286. The summed E-state index contributed by atoms with van der Waals surface area (Å²) in [6.45, 7) is 0.466. The number of aliphatic hydroxyl groups excluding tert-OH is 1. The van der Waals surface area contributed by atoms with Gasteiger partial charge >= 0.3 is 0 Å². The highest BCUT2D eigenvalue weighted by atomic mass is 16.3. The van der Waals surface area contributed by atoms with E-state index in [4.69, 9.17) is 0 Å². The lowest BCUT2D eigenvalue weighted by molar-refractivity contribution is -0.117. The number of β-amino-alcohol motifs (C(OH)–C–C–N with tert-alkyl or cyclic N) is 1.